The number of hydrogen-bond donors (Lipinski definition) is 0. The number of ether oxygens (including phenoxy) is 1. The van der Waals surface area contributed by atoms with E-state index >= 15 is 0 Å². The molecule has 0 spiro atoms. The largest absolute Gasteiger partial charge is 0.467 e. The molecule has 0 bridgehead atoms. The second-order valence-electron chi connectivity index (χ2n) is 5.89. The molecule has 1 aromatic heterocycles. The number of rotatable bonds is 3. The van der Waals surface area contributed by atoms with Crippen LogP contribution >= 0.6 is 11.8 Å². The number of esters is 1. The fourth-order valence-corrected chi connectivity index (χ4v) is 4.09. The molecule has 1 unspecified atom stereocenters. The first-order valence-corrected chi connectivity index (χ1v) is 8.49. The number of carbonyl (C=O) groups excluding carboxylic acids is 2. The van der Waals surface area contributed by atoms with Crippen LogP contribution in [0.2, 0.25) is 0 Å². The Labute approximate surface area is 150 Å². The number of thioether (sulfide) groups is 1. The summed E-state index contributed by atoms with van der Waals surface area (Å²) in [5.74, 6) is 0.0209. The average Bonchev–Trinajstić information content (AvgIpc) is 3.20. The Morgan fingerprint density at radius 2 is 2.08 bits per heavy atom. The minimum atomic E-state index is -0.519. The molecular weight excluding hydrogens is 342 g/mol. The van der Waals surface area contributed by atoms with E-state index in [1.165, 1.54) is 23.8 Å². The van der Waals surface area contributed by atoms with Gasteiger partial charge in [-0.25, -0.2) is 9.79 Å². The molecule has 132 valence electrons. The first kappa shape index (κ1) is 17.3. The molecule has 25 heavy (non-hydrogen) atoms. The number of likely N-dealkylation sites (N-methyl/N-ethyl adjacent to an activating group) is 1. The molecule has 7 nitrogen and oxygen atoms in total. The molecule has 0 saturated carbocycles. The second kappa shape index (κ2) is 6.44. The van der Waals surface area contributed by atoms with Gasteiger partial charge in [0.25, 0.3) is 5.91 Å². The van der Waals surface area contributed by atoms with Crippen molar-refractivity contribution in [3.05, 3.63) is 46.0 Å². The van der Waals surface area contributed by atoms with Crippen LogP contribution in [0.3, 0.4) is 0 Å². The lowest BCUT2D eigenvalue weighted by Crippen LogP contribution is -2.35. The number of hydrogen-bond acceptors (Lipinski definition) is 7. The van der Waals surface area contributed by atoms with Crippen molar-refractivity contribution in [3.63, 3.8) is 0 Å². The predicted octanol–water partition coefficient (Wildman–Crippen LogP) is 2.51. The van der Waals surface area contributed by atoms with Crippen LogP contribution in [-0.4, -0.2) is 48.0 Å². The summed E-state index contributed by atoms with van der Waals surface area (Å²) >= 11 is 1.30. The molecule has 0 aromatic carbocycles. The number of amidine groups is 1. The Morgan fingerprint density at radius 3 is 2.64 bits per heavy atom. The topological polar surface area (TPSA) is 75.3 Å². The van der Waals surface area contributed by atoms with Crippen molar-refractivity contribution in [2.75, 3.05) is 21.2 Å². The third-order valence-electron chi connectivity index (χ3n) is 4.09. The van der Waals surface area contributed by atoms with Gasteiger partial charge in [0.1, 0.15) is 11.8 Å². The van der Waals surface area contributed by atoms with Crippen LogP contribution in [-0.2, 0) is 14.3 Å². The molecule has 2 aliphatic heterocycles. The summed E-state index contributed by atoms with van der Waals surface area (Å²) < 4.78 is 10.5. The van der Waals surface area contributed by atoms with Gasteiger partial charge in [-0.05, 0) is 37.7 Å². The minimum Gasteiger partial charge on any atom is -0.467 e. The maximum atomic E-state index is 12.5. The molecule has 0 aliphatic carbocycles. The van der Waals surface area contributed by atoms with Crippen LogP contribution < -0.4 is 0 Å². The second-order valence-corrected chi connectivity index (χ2v) is 6.87. The molecule has 0 N–H and O–H groups in total. The Balaban J connectivity index is 2.15. The van der Waals surface area contributed by atoms with E-state index in [1.54, 1.807) is 39.4 Å². The highest BCUT2D eigenvalue weighted by Gasteiger charge is 2.44. The molecule has 2 aliphatic rings. The Kier molecular flexibility index (Phi) is 4.47. The predicted molar refractivity (Wildman–Crippen MR) is 94.4 cm³/mol. The van der Waals surface area contributed by atoms with Gasteiger partial charge in [0.15, 0.2) is 5.17 Å². The zero-order valence-electron chi connectivity index (χ0n) is 14.7. The van der Waals surface area contributed by atoms with Gasteiger partial charge in [0.2, 0.25) is 0 Å². The van der Waals surface area contributed by atoms with E-state index in [0.717, 1.165) is 5.70 Å². The van der Waals surface area contributed by atoms with Crippen LogP contribution in [0.25, 0.3) is 0 Å². The number of carbonyl (C=O) groups is 2. The summed E-state index contributed by atoms with van der Waals surface area (Å²) in [5.41, 5.74) is 1.69. The maximum Gasteiger partial charge on any atom is 0.338 e. The van der Waals surface area contributed by atoms with E-state index in [9.17, 15) is 9.59 Å². The maximum absolute atomic E-state index is 12.5. The molecule has 0 fully saturated rings. The van der Waals surface area contributed by atoms with Crippen LogP contribution in [0.15, 0.2) is 49.7 Å². The standard InChI is InChI=1S/C17H19N3O4S/c1-9-12(16(22)23-5)13(11-7-6-8-24-11)20-10(2)14(15(21)19(3)4)25-17(20)18-9/h6-8,13H,1-5H3. The van der Waals surface area contributed by atoms with E-state index in [1.807, 2.05) is 11.8 Å². The Morgan fingerprint density at radius 1 is 1.36 bits per heavy atom. The monoisotopic (exact) mass is 361 g/mol. The highest BCUT2D eigenvalue weighted by molar-refractivity contribution is 8.18. The first-order valence-electron chi connectivity index (χ1n) is 7.67. The minimum absolute atomic E-state index is 0.102. The fourth-order valence-electron chi connectivity index (χ4n) is 2.87. The average molecular weight is 361 g/mol. The van der Waals surface area contributed by atoms with Gasteiger partial charge in [-0.2, -0.15) is 0 Å². The van der Waals surface area contributed by atoms with Crippen molar-refractivity contribution in [1.29, 1.82) is 0 Å². The SMILES string of the molecule is COC(=O)C1=C(C)N=C2SC(C(=O)N(C)C)=C(C)N2C1c1ccco1. The number of methoxy groups -OCH3 is 1. The Bertz CT molecular complexity index is 821. The van der Waals surface area contributed by atoms with E-state index < -0.39 is 12.0 Å². The van der Waals surface area contributed by atoms with Crippen molar-refractivity contribution in [3.8, 4) is 0 Å². The summed E-state index contributed by atoms with van der Waals surface area (Å²) in [7, 11) is 4.74. The fraction of sp³-hybridized carbons (Fsp3) is 0.353. The van der Waals surface area contributed by atoms with Gasteiger partial charge in [0, 0.05) is 19.8 Å². The zero-order valence-corrected chi connectivity index (χ0v) is 15.5. The van der Waals surface area contributed by atoms with Crippen molar-refractivity contribution >= 4 is 28.8 Å². The molecule has 8 heteroatoms. The smallest absolute Gasteiger partial charge is 0.338 e. The third kappa shape index (κ3) is 2.76. The van der Waals surface area contributed by atoms with E-state index in [-0.39, 0.29) is 5.91 Å². The van der Waals surface area contributed by atoms with Crippen molar-refractivity contribution in [1.82, 2.24) is 9.80 Å². The van der Waals surface area contributed by atoms with Crippen LogP contribution in [0.5, 0.6) is 0 Å². The summed E-state index contributed by atoms with van der Waals surface area (Å²) in [4.78, 5) is 33.4. The molecule has 0 radical (unpaired) electrons. The lowest BCUT2D eigenvalue weighted by molar-refractivity contribution is -0.137. The number of amides is 1. The molecule has 3 rings (SSSR count). The van der Waals surface area contributed by atoms with Crippen LogP contribution in [0.4, 0.5) is 0 Å². The molecule has 3 heterocycles. The highest BCUT2D eigenvalue weighted by atomic mass is 32.2. The molecule has 1 amide bonds. The highest BCUT2D eigenvalue weighted by Crippen LogP contribution is 2.47. The number of furan rings is 1. The number of nitrogens with zero attached hydrogens (tertiary/aromatic N) is 3. The summed E-state index contributed by atoms with van der Waals surface area (Å²) in [6, 6.07) is 3.04. The summed E-state index contributed by atoms with van der Waals surface area (Å²) in [6.07, 6.45) is 1.55. The lowest BCUT2D eigenvalue weighted by atomic mass is 9.99. The first-order chi connectivity index (χ1) is 11.9. The Hall–Kier alpha value is -2.48. The van der Waals surface area contributed by atoms with E-state index in [2.05, 4.69) is 4.99 Å². The van der Waals surface area contributed by atoms with Gasteiger partial charge in [-0.1, -0.05) is 0 Å². The van der Waals surface area contributed by atoms with Crippen molar-refractivity contribution in [2.24, 2.45) is 4.99 Å². The normalized spacial score (nSPS) is 19.8. The van der Waals surface area contributed by atoms with Gasteiger partial charge < -0.3 is 19.0 Å². The van der Waals surface area contributed by atoms with Crippen LogP contribution in [0, 0.1) is 0 Å². The van der Waals surface area contributed by atoms with Crippen LogP contribution in [0.1, 0.15) is 25.6 Å². The quantitative estimate of drug-likeness (QED) is 0.770. The molecular formula is C17H19N3O4S. The van der Waals surface area contributed by atoms with Gasteiger partial charge in [-0.3, -0.25) is 4.79 Å². The molecule has 0 saturated heterocycles. The van der Waals surface area contributed by atoms with Crippen molar-refractivity contribution < 1.29 is 18.7 Å². The number of aliphatic imine (C=N–C) groups is 1. The van der Waals surface area contributed by atoms with Gasteiger partial charge >= 0.3 is 5.97 Å². The van der Waals surface area contributed by atoms with E-state index in [0.29, 0.717) is 27.1 Å². The summed E-state index contributed by atoms with van der Waals surface area (Å²) in [6.45, 7) is 3.60. The lowest BCUT2D eigenvalue weighted by Gasteiger charge is -2.33. The van der Waals surface area contributed by atoms with Gasteiger partial charge in [0.05, 0.1) is 29.5 Å². The number of allylic oxidation sites excluding steroid dienone is 2. The third-order valence-corrected chi connectivity index (χ3v) is 5.24. The van der Waals surface area contributed by atoms with Crippen molar-refractivity contribution in [2.45, 2.75) is 19.9 Å². The number of fused-ring (bicyclic) bond motifs is 1. The van der Waals surface area contributed by atoms with Gasteiger partial charge in [-0.15, -0.1) is 0 Å². The summed E-state index contributed by atoms with van der Waals surface area (Å²) in [5, 5.41) is 0.647. The molecule has 1 aromatic rings. The molecule has 1 atom stereocenters. The zero-order chi connectivity index (χ0) is 18.3. The van der Waals surface area contributed by atoms with E-state index in [4.69, 9.17) is 9.15 Å².